The molecule has 4 heteroatoms. The van der Waals surface area contributed by atoms with Gasteiger partial charge in [0, 0.05) is 36.7 Å². The van der Waals surface area contributed by atoms with Crippen LogP contribution in [-0.2, 0) is 11.3 Å². The zero-order valence-corrected chi connectivity index (χ0v) is 14.0. The Hall–Kier alpha value is -3.01. The second kappa shape index (κ2) is 6.13. The number of nitrogens with zero attached hydrogens (tertiary/aromatic N) is 1. The SMILES string of the molecule is COc1ccc(Cn2ccc3ccc(C4CC(=O)C=C4O)cc32)cc1. The van der Waals surface area contributed by atoms with E-state index in [0.29, 0.717) is 6.42 Å². The van der Waals surface area contributed by atoms with Gasteiger partial charge >= 0.3 is 0 Å². The van der Waals surface area contributed by atoms with E-state index in [1.807, 2.05) is 24.3 Å². The third kappa shape index (κ3) is 2.91. The van der Waals surface area contributed by atoms with Gasteiger partial charge in [0.1, 0.15) is 11.5 Å². The molecule has 0 radical (unpaired) electrons. The number of allylic oxidation sites excluding steroid dienone is 2. The van der Waals surface area contributed by atoms with Crippen molar-refractivity contribution >= 4 is 16.7 Å². The van der Waals surface area contributed by atoms with Gasteiger partial charge in [0.05, 0.1) is 7.11 Å². The molecule has 1 heterocycles. The van der Waals surface area contributed by atoms with Crippen LogP contribution in [0.3, 0.4) is 0 Å². The van der Waals surface area contributed by atoms with Gasteiger partial charge in [-0.15, -0.1) is 0 Å². The van der Waals surface area contributed by atoms with E-state index >= 15 is 0 Å². The van der Waals surface area contributed by atoms with Crippen molar-refractivity contribution in [3.8, 4) is 5.75 Å². The first kappa shape index (κ1) is 15.5. The fourth-order valence-corrected chi connectivity index (χ4v) is 3.40. The number of hydrogen-bond acceptors (Lipinski definition) is 3. The lowest BCUT2D eigenvalue weighted by molar-refractivity contribution is -0.114. The second-order valence-electron chi connectivity index (χ2n) is 6.40. The summed E-state index contributed by atoms with van der Waals surface area (Å²) in [5, 5.41) is 11.2. The number of methoxy groups -OCH3 is 1. The van der Waals surface area contributed by atoms with Gasteiger partial charge in [-0.05, 0) is 40.8 Å². The summed E-state index contributed by atoms with van der Waals surface area (Å²) in [6.45, 7) is 0.752. The van der Waals surface area contributed by atoms with E-state index in [0.717, 1.165) is 28.8 Å². The van der Waals surface area contributed by atoms with Gasteiger partial charge < -0.3 is 14.4 Å². The molecule has 1 N–H and O–H groups in total. The van der Waals surface area contributed by atoms with Crippen LogP contribution in [0, 0.1) is 0 Å². The number of ketones is 1. The minimum absolute atomic E-state index is 0.0174. The van der Waals surface area contributed by atoms with E-state index in [1.165, 1.54) is 11.6 Å². The molecule has 126 valence electrons. The molecule has 4 rings (SSSR count). The highest BCUT2D eigenvalue weighted by Gasteiger charge is 2.26. The molecule has 1 aliphatic carbocycles. The summed E-state index contributed by atoms with van der Waals surface area (Å²) in [5.74, 6) is 0.770. The maximum atomic E-state index is 11.6. The van der Waals surface area contributed by atoms with Crippen LogP contribution < -0.4 is 4.74 Å². The Balaban J connectivity index is 1.66. The van der Waals surface area contributed by atoms with Crippen molar-refractivity contribution < 1.29 is 14.6 Å². The number of hydrogen-bond donors (Lipinski definition) is 1. The van der Waals surface area contributed by atoms with Gasteiger partial charge in [-0.1, -0.05) is 24.3 Å². The van der Waals surface area contributed by atoms with Gasteiger partial charge in [-0.25, -0.2) is 0 Å². The lowest BCUT2D eigenvalue weighted by Gasteiger charge is -2.12. The number of aliphatic hydroxyl groups excluding tert-OH is 1. The summed E-state index contributed by atoms with van der Waals surface area (Å²) in [5.41, 5.74) is 3.25. The normalized spacial score (nSPS) is 17.1. The first-order valence-electron chi connectivity index (χ1n) is 8.29. The Kier molecular flexibility index (Phi) is 3.80. The van der Waals surface area contributed by atoms with E-state index < -0.39 is 0 Å². The Morgan fingerprint density at radius 2 is 1.96 bits per heavy atom. The van der Waals surface area contributed by atoms with Crippen LogP contribution in [0.5, 0.6) is 5.75 Å². The van der Waals surface area contributed by atoms with Crippen LogP contribution in [0.1, 0.15) is 23.5 Å². The molecule has 0 amide bonds. The predicted molar refractivity (Wildman–Crippen MR) is 97.1 cm³/mol. The van der Waals surface area contributed by atoms with Crippen molar-refractivity contribution in [1.82, 2.24) is 4.57 Å². The van der Waals surface area contributed by atoms with Crippen molar-refractivity contribution in [3.63, 3.8) is 0 Å². The monoisotopic (exact) mass is 333 g/mol. The summed E-state index contributed by atoms with van der Waals surface area (Å²) in [4.78, 5) is 11.6. The average Bonchev–Trinajstić information content (AvgIpc) is 3.18. The molecule has 25 heavy (non-hydrogen) atoms. The summed E-state index contributed by atoms with van der Waals surface area (Å²) >= 11 is 0. The van der Waals surface area contributed by atoms with E-state index in [4.69, 9.17) is 4.74 Å². The zero-order valence-electron chi connectivity index (χ0n) is 14.0. The zero-order chi connectivity index (χ0) is 17.4. The Morgan fingerprint density at radius 3 is 2.64 bits per heavy atom. The molecule has 0 aliphatic heterocycles. The van der Waals surface area contributed by atoms with Crippen LogP contribution in [-0.4, -0.2) is 22.6 Å². The van der Waals surface area contributed by atoms with Crippen LogP contribution in [0.25, 0.3) is 10.9 Å². The summed E-state index contributed by atoms with van der Waals surface area (Å²) < 4.78 is 7.38. The number of aliphatic hydroxyl groups is 1. The van der Waals surface area contributed by atoms with Gasteiger partial charge in [-0.2, -0.15) is 0 Å². The molecule has 1 atom stereocenters. The van der Waals surface area contributed by atoms with Gasteiger partial charge in [0.2, 0.25) is 0 Å². The number of carbonyl (C=O) groups is 1. The lowest BCUT2D eigenvalue weighted by atomic mass is 9.96. The number of rotatable bonds is 4. The number of fused-ring (bicyclic) bond motifs is 1. The highest BCUT2D eigenvalue weighted by Crippen LogP contribution is 2.33. The van der Waals surface area contributed by atoms with Crippen molar-refractivity contribution in [3.05, 3.63) is 77.7 Å². The average molecular weight is 333 g/mol. The fraction of sp³-hybridized carbons (Fsp3) is 0.190. The topological polar surface area (TPSA) is 51.5 Å². The molecule has 1 unspecified atom stereocenters. The van der Waals surface area contributed by atoms with Gasteiger partial charge in [0.25, 0.3) is 0 Å². The first-order valence-corrected chi connectivity index (χ1v) is 8.29. The van der Waals surface area contributed by atoms with Gasteiger partial charge in [-0.3, -0.25) is 4.79 Å². The molecule has 0 saturated carbocycles. The smallest absolute Gasteiger partial charge is 0.160 e. The molecule has 1 aliphatic rings. The summed E-state index contributed by atoms with van der Waals surface area (Å²) in [6.07, 6.45) is 3.75. The molecule has 0 saturated heterocycles. The Morgan fingerprint density at radius 1 is 1.16 bits per heavy atom. The minimum atomic E-state index is -0.221. The second-order valence-corrected chi connectivity index (χ2v) is 6.40. The molecular weight excluding hydrogens is 314 g/mol. The molecule has 0 spiro atoms. The molecule has 3 aromatic rings. The van der Waals surface area contributed by atoms with Crippen molar-refractivity contribution in [2.45, 2.75) is 18.9 Å². The molecular formula is C21H19NO3. The van der Waals surface area contributed by atoms with E-state index in [1.54, 1.807) is 7.11 Å². The summed E-state index contributed by atoms with van der Waals surface area (Å²) in [6, 6.07) is 16.2. The Bertz CT molecular complexity index is 966. The van der Waals surface area contributed by atoms with E-state index in [9.17, 15) is 9.90 Å². The highest BCUT2D eigenvalue weighted by molar-refractivity contribution is 5.94. The fourth-order valence-electron chi connectivity index (χ4n) is 3.40. The maximum Gasteiger partial charge on any atom is 0.160 e. The van der Waals surface area contributed by atoms with Crippen molar-refractivity contribution in [1.29, 1.82) is 0 Å². The third-order valence-corrected chi connectivity index (χ3v) is 4.78. The van der Waals surface area contributed by atoms with Crippen LogP contribution in [0.15, 0.2) is 66.6 Å². The third-order valence-electron chi connectivity index (χ3n) is 4.78. The maximum absolute atomic E-state index is 11.6. The van der Waals surface area contributed by atoms with Crippen molar-refractivity contribution in [2.75, 3.05) is 7.11 Å². The number of ether oxygens (including phenoxy) is 1. The minimum Gasteiger partial charge on any atom is -0.512 e. The predicted octanol–water partition coefficient (Wildman–Crippen LogP) is 4.20. The van der Waals surface area contributed by atoms with Crippen LogP contribution in [0.4, 0.5) is 0 Å². The van der Waals surface area contributed by atoms with Crippen LogP contribution >= 0.6 is 0 Å². The van der Waals surface area contributed by atoms with Gasteiger partial charge in [0.15, 0.2) is 5.78 Å². The molecule has 4 nitrogen and oxygen atoms in total. The molecule has 0 bridgehead atoms. The Labute approximate surface area is 146 Å². The number of benzene rings is 2. The van der Waals surface area contributed by atoms with E-state index in [2.05, 4.69) is 35.0 Å². The molecule has 1 aromatic heterocycles. The standard InChI is InChI=1S/C21H19NO3/c1-25-18-6-2-14(3-7-18)13-22-9-8-15-4-5-16(10-20(15)22)19-11-17(23)12-21(19)24/h2-10,12,19,24H,11,13H2,1H3. The molecule has 2 aromatic carbocycles. The molecule has 0 fully saturated rings. The highest BCUT2D eigenvalue weighted by atomic mass is 16.5. The van der Waals surface area contributed by atoms with Crippen molar-refractivity contribution in [2.24, 2.45) is 0 Å². The summed E-state index contributed by atoms with van der Waals surface area (Å²) in [7, 11) is 1.66. The quantitative estimate of drug-likeness (QED) is 0.778. The van der Waals surface area contributed by atoms with Crippen LogP contribution in [0.2, 0.25) is 0 Å². The number of aromatic nitrogens is 1. The lowest BCUT2D eigenvalue weighted by Crippen LogP contribution is -2.01. The first-order chi connectivity index (χ1) is 12.1. The number of carbonyl (C=O) groups excluding carboxylic acids is 1. The largest absolute Gasteiger partial charge is 0.512 e. The van der Waals surface area contributed by atoms with E-state index in [-0.39, 0.29) is 17.5 Å².